The molecule has 1 aromatic carbocycles. The summed E-state index contributed by atoms with van der Waals surface area (Å²) in [6.45, 7) is 5.86. The molecule has 0 N–H and O–H groups in total. The number of aromatic nitrogens is 1. The van der Waals surface area contributed by atoms with E-state index < -0.39 is 0 Å². The van der Waals surface area contributed by atoms with Gasteiger partial charge in [-0.1, -0.05) is 15.9 Å². The Hall–Kier alpha value is -1.86. The van der Waals surface area contributed by atoms with E-state index in [-0.39, 0.29) is 0 Å². The monoisotopic (exact) mass is 316 g/mol. The summed E-state index contributed by atoms with van der Waals surface area (Å²) in [4.78, 5) is 4.13. The van der Waals surface area contributed by atoms with Crippen LogP contribution in [0.25, 0.3) is 0 Å². The fraction of sp³-hybridized carbons (Fsp3) is 0.200. The molecule has 3 nitrogen and oxygen atoms in total. The van der Waals surface area contributed by atoms with Gasteiger partial charge in [-0.3, -0.25) is 0 Å². The lowest BCUT2D eigenvalue weighted by molar-refractivity contribution is 0.460. The standard InChI is InChI=1S/C15H13BrN2O/c1-9-4-5-18-15(13(9)8-17)19-12-6-10(2)14(16)11(3)7-12/h4-7H,1-3H3. The average molecular weight is 317 g/mol. The molecule has 0 unspecified atom stereocenters. The van der Waals surface area contributed by atoms with Crippen molar-refractivity contribution in [1.29, 1.82) is 5.26 Å². The van der Waals surface area contributed by atoms with E-state index in [4.69, 9.17) is 10.00 Å². The SMILES string of the molecule is Cc1cc(Oc2nccc(C)c2C#N)cc(C)c1Br. The van der Waals surface area contributed by atoms with Crippen molar-refractivity contribution in [1.82, 2.24) is 4.98 Å². The largest absolute Gasteiger partial charge is 0.438 e. The first-order valence-electron chi connectivity index (χ1n) is 5.83. The Balaban J connectivity index is 2.43. The Morgan fingerprint density at radius 2 is 1.79 bits per heavy atom. The Morgan fingerprint density at radius 1 is 1.16 bits per heavy atom. The third kappa shape index (κ3) is 2.77. The van der Waals surface area contributed by atoms with Crippen molar-refractivity contribution in [2.24, 2.45) is 0 Å². The Morgan fingerprint density at radius 3 is 2.37 bits per heavy atom. The molecule has 0 aliphatic heterocycles. The zero-order valence-corrected chi connectivity index (χ0v) is 12.6. The Bertz CT molecular complexity index is 651. The van der Waals surface area contributed by atoms with Crippen LogP contribution in [0.15, 0.2) is 28.9 Å². The molecule has 0 aliphatic carbocycles. The molecule has 1 aromatic heterocycles. The Labute approximate surface area is 121 Å². The quantitative estimate of drug-likeness (QED) is 0.823. The lowest BCUT2D eigenvalue weighted by Crippen LogP contribution is -1.95. The van der Waals surface area contributed by atoms with Crippen LogP contribution in [0.4, 0.5) is 0 Å². The predicted octanol–water partition coefficient (Wildman–Crippen LogP) is 4.43. The fourth-order valence-corrected chi connectivity index (χ4v) is 2.05. The van der Waals surface area contributed by atoms with Crippen LogP contribution in [0.3, 0.4) is 0 Å². The normalized spacial score (nSPS) is 10.1. The van der Waals surface area contributed by atoms with Gasteiger partial charge in [0.2, 0.25) is 5.88 Å². The number of hydrogen-bond acceptors (Lipinski definition) is 3. The third-order valence-corrected chi connectivity index (χ3v) is 4.11. The van der Waals surface area contributed by atoms with Gasteiger partial charge in [-0.2, -0.15) is 5.26 Å². The molecule has 1 heterocycles. The molecular formula is C15H13BrN2O. The summed E-state index contributed by atoms with van der Waals surface area (Å²) in [5.74, 6) is 1.04. The third-order valence-electron chi connectivity index (χ3n) is 2.86. The average Bonchev–Trinajstić information content (AvgIpc) is 2.36. The van der Waals surface area contributed by atoms with Gasteiger partial charge in [0, 0.05) is 10.7 Å². The molecule has 0 fully saturated rings. The van der Waals surface area contributed by atoms with Crippen LogP contribution in [0.2, 0.25) is 0 Å². The van der Waals surface area contributed by atoms with Gasteiger partial charge in [-0.25, -0.2) is 4.98 Å². The van der Waals surface area contributed by atoms with Gasteiger partial charge in [0.25, 0.3) is 0 Å². The smallest absolute Gasteiger partial charge is 0.237 e. The number of nitrogens with zero attached hydrogens (tertiary/aromatic N) is 2. The first-order chi connectivity index (χ1) is 9.02. The maximum Gasteiger partial charge on any atom is 0.237 e. The molecule has 2 rings (SSSR count). The molecule has 96 valence electrons. The molecule has 0 saturated carbocycles. The molecule has 19 heavy (non-hydrogen) atoms. The molecule has 4 heteroatoms. The first kappa shape index (κ1) is 13.6. The van der Waals surface area contributed by atoms with E-state index in [1.807, 2.05) is 32.9 Å². The van der Waals surface area contributed by atoms with Gasteiger partial charge in [0.05, 0.1) is 0 Å². The number of nitriles is 1. The minimum Gasteiger partial charge on any atom is -0.438 e. The molecule has 0 atom stereocenters. The maximum absolute atomic E-state index is 9.15. The van der Waals surface area contributed by atoms with Crippen LogP contribution >= 0.6 is 15.9 Å². The van der Waals surface area contributed by atoms with Crippen LogP contribution in [0.5, 0.6) is 11.6 Å². The van der Waals surface area contributed by atoms with Crippen molar-refractivity contribution in [2.45, 2.75) is 20.8 Å². The predicted molar refractivity (Wildman–Crippen MR) is 77.4 cm³/mol. The highest BCUT2D eigenvalue weighted by Crippen LogP contribution is 2.30. The molecule has 0 spiro atoms. The van der Waals surface area contributed by atoms with Gasteiger partial charge in [0.15, 0.2) is 0 Å². The number of pyridine rings is 1. The van der Waals surface area contributed by atoms with E-state index in [0.29, 0.717) is 17.2 Å². The van der Waals surface area contributed by atoms with E-state index in [2.05, 4.69) is 27.0 Å². The topological polar surface area (TPSA) is 45.9 Å². The summed E-state index contributed by atoms with van der Waals surface area (Å²) < 4.78 is 6.81. The second-order valence-corrected chi connectivity index (χ2v) is 5.19. The highest BCUT2D eigenvalue weighted by molar-refractivity contribution is 9.10. The van der Waals surface area contributed by atoms with Crippen molar-refractivity contribution < 1.29 is 4.74 Å². The Kier molecular flexibility index (Phi) is 3.87. The van der Waals surface area contributed by atoms with E-state index >= 15 is 0 Å². The molecule has 0 aliphatic rings. The second kappa shape index (κ2) is 5.41. The summed E-state index contributed by atoms with van der Waals surface area (Å²) >= 11 is 3.51. The van der Waals surface area contributed by atoms with Gasteiger partial charge in [0.1, 0.15) is 17.4 Å². The van der Waals surface area contributed by atoms with Gasteiger partial charge in [-0.05, 0) is 55.7 Å². The lowest BCUT2D eigenvalue weighted by atomic mass is 10.1. The molecule has 0 bridgehead atoms. The van der Waals surface area contributed by atoms with E-state index in [1.54, 1.807) is 12.3 Å². The number of rotatable bonds is 2. The number of benzene rings is 1. The highest BCUT2D eigenvalue weighted by atomic mass is 79.9. The first-order valence-corrected chi connectivity index (χ1v) is 6.62. The summed E-state index contributed by atoms with van der Waals surface area (Å²) in [5.41, 5.74) is 3.50. The fourth-order valence-electron chi connectivity index (χ4n) is 1.82. The highest BCUT2D eigenvalue weighted by Gasteiger charge is 2.10. The molecular weight excluding hydrogens is 304 g/mol. The zero-order chi connectivity index (χ0) is 14.0. The zero-order valence-electron chi connectivity index (χ0n) is 11.0. The van der Waals surface area contributed by atoms with Crippen molar-refractivity contribution in [3.8, 4) is 17.7 Å². The summed E-state index contributed by atoms with van der Waals surface area (Å²) in [5, 5.41) is 9.15. The number of hydrogen-bond donors (Lipinski definition) is 0. The summed E-state index contributed by atoms with van der Waals surface area (Å²) in [7, 11) is 0. The minimum absolute atomic E-state index is 0.351. The van der Waals surface area contributed by atoms with Crippen molar-refractivity contribution in [2.75, 3.05) is 0 Å². The van der Waals surface area contributed by atoms with Crippen LogP contribution in [0, 0.1) is 32.1 Å². The maximum atomic E-state index is 9.15. The van der Waals surface area contributed by atoms with Gasteiger partial charge < -0.3 is 4.74 Å². The minimum atomic E-state index is 0.351. The second-order valence-electron chi connectivity index (χ2n) is 4.39. The number of aryl methyl sites for hydroxylation is 3. The van der Waals surface area contributed by atoms with E-state index in [1.165, 1.54) is 0 Å². The molecule has 2 aromatic rings. The van der Waals surface area contributed by atoms with Crippen LogP contribution in [-0.4, -0.2) is 4.98 Å². The van der Waals surface area contributed by atoms with Crippen molar-refractivity contribution in [3.63, 3.8) is 0 Å². The number of halogens is 1. The van der Waals surface area contributed by atoms with Gasteiger partial charge in [-0.15, -0.1) is 0 Å². The number of ether oxygens (including phenoxy) is 1. The molecule has 0 amide bonds. The van der Waals surface area contributed by atoms with Crippen molar-refractivity contribution >= 4 is 15.9 Å². The summed E-state index contributed by atoms with van der Waals surface area (Å²) in [6, 6.07) is 7.76. The van der Waals surface area contributed by atoms with E-state index in [0.717, 1.165) is 21.2 Å². The molecule has 0 saturated heterocycles. The van der Waals surface area contributed by atoms with E-state index in [9.17, 15) is 0 Å². The van der Waals surface area contributed by atoms with Crippen LogP contribution in [0.1, 0.15) is 22.3 Å². The van der Waals surface area contributed by atoms with Gasteiger partial charge >= 0.3 is 0 Å². The lowest BCUT2D eigenvalue weighted by Gasteiger charge is -2.10. The molecule has 0 radical (unpaired) electrons. The van der Waals surface area contributed by atoms with Crippen molar-refractivity contribution in [3.05, 3.63) is 51.1 Å². The van der Waals surface area contributed by atoms with Crippen LogP contribution < -0.4 is 4.74 Å². The summed E-state index contributed by atoms with van der Waals surface area (Å²) in [6.07, 6.45) is 1.64. The van der Waals surface area contributed by atoms with Crippen LogP contribution in [-0.2, 0) is 0 Å².